The predicted octanol–water partition coefficient (Wildman–Crippen LogP) is 9.81. The standard InChI is InChI=1S/C34H42.Zr/c1-19(2)25-11-13-27(21(5)6)33-29-15-16-30-24(10-9-23(29)17-31(25)33)18-32-26(20(3)4)12-14-28(22(7)8)34(30)32;/h11-14,17-22H,9-10,15-16H2,1-8H3;/q-2;+2. The third-order valence-corrected chi connectivity index (χ3v) is 8.42. The van der Waals surface area contributed by atoms with E-state index in [-0.39, 0.29) is 26.2 Å². The number of hydrogen-bond donors (Lipinski definition) is 0. The van der Waals surface area contributed by atoms with Gasteiger partial charge in [-0.15, -0.1) is 67.1 Å². The molecule has 0 unspecified atom stereocenters. The van der Waals surface area contributed by atoms with Gasteiger partial charge in [0.15, 0.2) is 0 Å². The van der Waals surface area contributed by atoms with E-state index in [1.807, 2.05) is 0 Å². The van der Waals surface area contributed by atoms with E-state index in [1.165, 1.54) is 21.9 Å². The second kappa shape index (κ2) is 10.1. The van der Waals surface area contributed by atoms with Crippen molar-refractivity contribution < 1.29 is 26.2 Å². The zero-order chi connectivity index (χ0) is 24.3. The average Bonchev–Trinajstić information content (AvgIpc) is 3.30. The van der Waals surface area contributed by atoms with Crippen LogP contribution in [0.25, 0.3) is 21.5 Å². The van der Waals surface area contributed by atoms with Gasteiger partial charge in [0, 0.05) is 0 Å². The molecule has 0 aromatic heterocycles. The molecule has 1 aliphatic carbocycles. The van der Waals surface area contributed by atoms with E-state index in [1.54, 1.807) is 44.2 Å². The molecule has 35 heavy (non-hydrogen) atoms. The number of rotatable bonds is 4. The molecule has 0 bridgehead atoms. The molecule has 4 aromatic carbocycles. The van der Waals surface area contributed by atoms with Gasteiger partial charge in [0.05, 0.1) is 0 Å². The molecule has 0 fully saturated rings. The zero-order valence-corrected chi connectivity index (χ0v) is 25.6. The molecule has 182 valence electrons. The van der Waals surface area contributed by atoms with Crippen LogP contribution in [0.4, 0.5) is 0 Å². The molecule has 0 N–H and O–H groups in total. The van der Waals surface area contributed by atoms with Crippen molar-refractivity contribution in [3.8, 4) is 0 Å². The van der Waals surface area contributed by atoms with Crippen LogP contribution >= 0.6 is 0 Å². The van der Waals surface area contributed by atoms with Crippen molar-refractivity contribution in [1.29, 1.82) is 0 Å². The Morgan fingerprint density at radius 1 is 0.514 bits per heavy atom. The van der Waals surface area contributed by atoms with Gasteiger partial charge in [0.25, 0.3) is 0 Å². The Bertz CT molecular complexity index is 1250. The van der Waals surface area contributed by atoms with Crippen LogP contribution in [-0.4, -0.2) is 0 Å². The molecule has 1 aliphatic rings. The van der Waals surface area contributed by atoms with Crippen molar-refractivity contribution in [3.63, 3.8) is 0 Å². The first-order chi connectivity index (χ1) is 16.2. The van der Waals surface area contributed by atoms with Crippen molar-refractivity contribution in [1.82, 2.24) is 0 Å². The Balaban J connectivity index is 0.00000289. The molecular formula is C34H42Zr. The molecule has 5 rings (SSSR count). The third-order valence-electron chi connectivity index (χ3n) is 8.42. The molecule has 0 radical (unpaired) electrons. The Morgan fingerprint density at radius 3 is 1.14 bits per heavy atom. The average molecular weight is 542 g/mol. The van der Waals surface area contributed by atoms with Gasteiger partial charge in [-0.25, -0.2) is 0 Å². The van der Waals surface area contributed by atoms with Gasteiger partial charge in [-0.3, -0.25) is 0 Å². The van der Waals surface area contributed by atoms with Gasteiger partial charge in [-0.05, 0) is 24.7 Å². The van der Waals surface area contributed by atoms with Crippen molar-refractivity contribution in [3.05, 3.63) is 80.9 Å². The van der Waals surface area contributed by atoms with E-state index in [2.05, 4.69) is 91.8 Å². The van der Waals surface area contributed by atoms with E-state index >= 15 is 0 Å². The molecule has 0 nitrogen and oxygen atoms in total. The Morgan fingerprint density at radius 2 is 0.829 bits per heavy atom. The molecule has 4 aromatic rings. The first kappa shape index (κ1) is 26.6. The minimum atomic E-state index is 0. The van der Waals surface area contributed by atoms with Gasteiger partial charge < -0.3 is 0 Å². The summed E-state index contributed by atoms with van der Waals surface area (Å²) >= 11 is 0. The fraction of sp³-hybridized carbons (Fsp3) is 0.471. The van der Waals surface area contributed by atoms with Gasteiger partial charge in [-0.1, -0.05) is 103 Å². The van der Waals surface area contributed by atoms with E-state index in [9.17, 15) is 0 Å². The normalized spacial score (nSPS) is 14.1. The topological polar surface area (TPSA) is 0 Å². The summed E-state index contributed by atoms with van der Waals surface area (Å²) < 4.78 is 0. The molecule has 0 heterocycles. The van der Waals surface area contributed by atoms with Crippen molar-refractivity contribution in [2.45, 2.75) is 105 Å². The van der Waals surface area contributed by atoms with Crippen LogP contribution in [0.3, 0.4) is 0 Å². The Hall–Kier alpha value is -1.46. The van der Waals surface area contributed by atoms with E-state index < -0.39 is 0 Å². The summed E-state index contributed by atoms with van der Waals surface area (Å²) in [6.07, 6.45) is 4.65. The van der Waals surface area contributed by atoms with Crippen LogP contribution in [0.1, 0.15) is 124 Å². The fourth-order valence-electron chi connectivity index (χ4n) is 6.64. The van der Waals surface area contributed by atoms with Crippen LogP contribution in [0.15, 0.2) is 36.4 Å². The van der Waals surface area contributed by atoms with Gasteiger partial charge in [-0.2, -0.15) is 12.1 Å². The quantitative estimate of drug-likeness (QED) is 0.226. The van der Waals surface area contributed by atoms with Crippen molar-refractivity contribution in [2.24, 2.45) is 0 Å². The second-order valence-corrected chi connectivity index (χ2v) is 12.0. The molecule has 0 saturated heterocycles. The Kier molecular flexibility index (Phi) is 7.70. The van der Waals surface area contributed by atoms with E-state index in [4.69, 9.17) is 0 Å². The number of aryl methyl sites for hydroxylation is 4. The minimum absolute atomic E-state index is 0. The third kappa shape index (κ3) is 4.46. The van der Waals surface area contributed by atoms with Crippen LogP contribution in [0.2, 0.25) is 0 Å². The maximum absolute atomic E-state index is 2.57. The first-order valence-corrected chi connectivity index (χ1v) is 13.7. The monoisotopic (exact) mass is 540 g/mol. The molecule has 0 aliphatic heterocycles. The summed E-state index contributed by atoms with van der Waals surface area (Å²) in [5.74, 6) is 2.22. The molecule has 0 spiro atoms. The molecule has 0 saturated carbocycles. The first-order valence-electron chi connectivity index (χ1n) is 13.7. The van der Waals surface area contributed by atoms with Gasteiger partial charge in [0.1, 0.15) is 0 Å². The zero-order valence-electron chi connectivity index (χ0n) is 23.1. The fourth-order valence-corrected chi connectivity index (χ4v) is 6.64. The second-order valence-electron chi connectivity index (χ2n) is 12.0. The molecule has 0 atom stereocenters. The minimum Gasteiger partial charge on any atom is -0.164 e. The summed E-state index contributed by atoms with van der Waals surface area (Å²) in [7, 11) is 0. The largest absolute Gasteiger partial charge is 2.00 e. The van der Waals surface area contributed by atoms with E-state index in [0.717, 1.165) is 25.7 Å². The van der Waals surface area contributed by atoms with Gasteiger partial charge >= 0.3 is 26.2 Å². The van der Waals surface area contributed by atoms with Crippen molar-refractivity contribution in [2.75, 3.05) is 0 Å². The maximum Gasteiger partial charge on any atom is 2.00 e. The molecule has 1 heteroatoms. The number of hydrogen-bond acceptors (Lipinski definition) is 0. The van der Waals surface area contributed by atoms with Crippen LogP contribution in [0.5, 0.6) is 0 Å². The SMILES string of the molecule is CC(C)c1ccc(C(C)C)c2c1cc1[c-]2CC[c-]2c(cc3c(C(C)C)ccc(C(C)C)c32)CC1.[Zr+2]. The number of benzene rings is 2. The summed E-state index contributed by atoms with van der Waals surface area (Å²) in [6, 6.07) is 14.8. The molecule has 0 amide bonds. The summed E-state index contributed by atoms with van der Waals surface area (Å²) in [5, 5.41) is 6.23. The summed E-state index contributed by atoms with van der Waals surface area (Å²) in [5.41, 5.74) is 12.6. The van der Waals surface area contributed by atoms with Crippen LogP contribution < -0.4 is 0 Å². The smallest absolute Gasteiger partial charge is 0.164 e. The maximum atomic E-state index is 2.57. The van der Waals surface area contributed by atoms with Gasteiger partial charge in [0.2, 0.25) is 0 Å². The van der Waals surface area contributed by atoms with Crippen LogP contribution in [-0.2, 0) is 51.9 Å². The van der Waals surface area contributed by atoms with E-state index in [0.29, 0.717) is 23.7 Å². The number of fused-ring (bicyclic) bond motifs is 6. The summed E-state index contributed by atoms with van der Waals surface area (Å²) in [4.78, 5) is 0. The predicted molar refractivity (Wildman–Crippen MR) is 150 cm³/mol. The van der Waals surface area contributed by atoms with Crippen molar-refractivity contribution >= 4 is 21.5 Å². The summed E-state index contributed by atoms with van der Waals surface area (Å²) in [6.45, 7) is 18.8. The Labute approximate surface area is 232 Å². The molecular weight excluding hydrogens is 500 g/mol. The van der Waals surface area contributed by atoms with Crippen LogP contribution in [0, 0.1) is 0 Å².